The van der Waals surface area contributed by atoms with Gasteiger partial charge in [-0.1, -0.05) is 13.8 Å². The number of allylic oxidation sites excluding steroid dienone is 2. The van der Waals surface area contributed by atoms with Crippen LogP contribution in [0.2, 0.25) is 19.6 Å². The van der Waals surface area contributed by atoms with Crippen molar-refractivity contribution in [1.29, 1.82) is 0 Å². The third-order valence-electron chi connectivity index (χ3n) is 3.54. The predicted octanol–water partition coefficient (Wildman–Crippen LogP) is 2.32. The Kier molecular flexibility index (Phi) is 3.13. The Morgan fingerprint density at radius 3 is 2.22 bits per heavy atom. The van der Waals surface area contributed by atoms with Gasteiger partial charge in [-0.05, 0) is 31.6 Å². The molecule has 0 saturated carbocycles. The number of hydrogen-bond donors (Lipinski definition) is 0. The molecule has 0 unspecified atom stereocenters. The van der Waals surface area contributed by atoms with Crippen LogP contribution in [0.3, 0.4) is 0 Å². The van der Waals surface area contributed by atoms with E-state index in [4.69, 9.17) is 9.16 Å². The maximum atomic E-state index is 11.8. The summed E-state index contributed by atoms with van der Waals surface area (Å²) in [6.45, 7) is 10.2. The van der Waals surface area contributed by atoms with Crippen molar-refractivity contribution in [2.24, 2.45) is 23.7 Å². The van der Waals surface area contributed by atoms with Crippen LogP contribution in [-0.4, -0.2) is 20.3 Å². The van der Waals surface area contributed by atoms with Gasteiger partial charge in [0.15, 0.2) is 0 Å². The number of fused-ring (bicyclic) bond motifs is 1. The molecule has 18 heavy (non-hydrogen) atoms. The van der Waals surface area contributed by atoms with Crippen LogP contribution in [0.15, 0.2) is 11.8 Å². The summed E-state index contributed by atoms with van der Waals surface area (Å²) < 4.78 is 10.8. The van der Waals surface area contributed by atoms with Gasteiger partial charge in [0, 0.05) is 5.92 Å². The van der Waals surface area contributed by atoms with Crippen molar-refractivity contribution < 1.29 is 18.8 Å². The maximum absolute atomic E-state index is 11.8. The highest BCUT2D eigenvalue weighted by atomic mass is 28.4. The van der Waals surface area contributed by atoms with Crippen molar-refractivity contribution in [3.05, 3.63) is 11.8 Å². The second-order valence-electron chi connectivity index (χ2n) is 6.22. The van der Waals surface area contributed by atoms with Gasteiger partial charge in [0.1, 0.15) is 0 Å². The van der Waals surface area contributed by atoms with Crippen LogP contribution in [0.25, 0.3) is 0 Å². The first kappa shape index (κ1) is 13.3. The van der Waals surface area contributed by atoms with Crippen LogP contribution in [-0.2, 0) is 18.8 Å². The molecule has 100 valence electrons. The molecule has 1 aliphatic carbocycles. The lowest BCUT2D eigenvalue weighted by Crippen LogP contribution is -2.37. The Labute approximate surface area is 108 Å². The van der Waals surface area contributed by atoms with E-state index in [-0.39, 0.29) is 29.6 Å². The molecule has 4 atom stereocenters. The molecule has 0 aromatic heterocycles. The number of hydrogen-bond acceptors (Lipinski definition) is 4. The van der Waals surface area contributed by atoms with E-state index in [0.717, 1.165) is 5.76 Å². The minimum Gasteiger partial charge on any atom is -0.547 e. The zero-order valence-electron chi connectivity index (χ0n) is 11.5. The number of carbonyl (C=O) groups excluding carboxylic acids is 2. The van der Waals surface area contributed by atoms with E-state index < -0.39 is 14.3 Å². The summed E-state index contributed by atoms with van der Waals surface area (Å²) >= 11 is 0. The highest BCUT2D eigenvalue weighted by Gasteiger charge is 2.52. The fourth-order valence-electron chi connectivity index (χ4n) is 2.76. The molecule has 0 N–H and O–H groups in total. The van der Waals surface area contributed by atoms with Gasteiger partial charge in [0.05, 0.1) is 17.6 Å². The number of ether oxygens (including phenoxy) is 1. The fourth-order valence-corrected chi connectivity index (χ4v) is 3.72. The van der Waals surface area contributed by atoms with Crippen LogP contribution in [0.5, 0.6) is 0 Å². The minimum absolute atomic E-state index is 0.00324. The quantitative estimate of drug-likeness (QED) is 0.438. The lowest BCUT2D eigenvalue weighted by Gasteiger charge is -2.34. The average Bonchev–Trinajstić information content (AvgIpc) is 2.48. The molecule has 0 aromatic carbocycles. The Hall–Kier alpha value is -1.10. The van der Waals surface area contributed by atoms with Crippen LogP contribution < -0.4 is 0 Å². The van der Waals surface area contributed by atoms with Crippen LogP contribution in [0.4, 0.5) is 0 Å². The van der Waals surface area contributed by atoms with Gasteiger partial charge >= 0.3 is 11.9 Å². The first-order valence-corrected chi connectivity index (χ1v) is 9.78. The molecule has 0 aromatic rings. The fraction of sp³-hybridized carbons (Fsp3) is 0.692. The number of carbonyl (C=O) groups is 2. The summed E-state index contributed by atoms with van der Waals surface area (Å²) in [7, 11) is -1.70. The molecule has 1 fully saturated rings. The molecule has 0 amide bonds. The highest BCUT2D eigenvalue weighted by molar-refractivity contribution is 6.70. The predicted molar refractivity (Wildman–Crippen MR) is 68.9 cm³/mol. The molecule has 4 nitrogen and oxygen atoms in total. The first-order valence-electron chi connectivity index (χ1n) is 6.37. The third-order valence-corrected chi connectivity index (χ3v) is 4.39. The Morgan fingerprint density at radius 1 is 1.11 bits per heavy atom. The van der Waals surface area contributed by atoms with Gasteiger partial charge in [0.25, 0.3) is 0 Å². The average molecular weight is 268 g/mol. The van der Waals surface area contributed by atoms with Gasteiger partial charge in [-0.2, -0.15) is 0 Å². The zero-order chi connectivity index (χ0) is 13.7. The standard InChI is InChI=1S/C13H20O4Si/c1-7-6-9(17-18(3,4)5)8(2)11-10(7)12(14)16-13(11)15/h6-8,10-11H,1-5H3/t7-,8+,10-,11+/m1/s1. The summed E-state index contributed by atoms with van der Waals surface area (Å²) in [5.74, 6) is -0.699. The topological polar surface area (TPSA) is 52.6 Å². The van der Waals surface area contributed by atoms with E-state index in [2.05, 4.69) is 19.6 Å². The van der Waals surface area contributed by atoms with Crippen molar-refractivity contribution in [2.75, 3.05) is 0 Å². The van der Waals surface area contributed by atoms with Crippen LogP contribution >= 0.6 is 0 Å². The van der Waals surface area contributed by atoms with E-state index in [1.54, 1.807) is 0 Å². The second kappa shape index (κ2) is 4.22. The summed E-state index contributed by atoms with van der Waals surface area (Å²) in [6, 6.07) is 0. The molecular formula is C13H20O4Si. The molecule has 5 heteroatoms. The highest BCUT2D eigenvalue weighted by Crippen LogP contribution is 2.44. The van der Waals surface area contributed by atoms with E-state index in [1.807, 2.05) is 19.9 Å². The van der Waals surface area contributed by atoms with Crippen molar-refractivity contribution in [3.63, 3.8) is 0 Å². The summed E-state index contributed by atoms with van der Waals surface area (Å²) in [6.07, 6.45) is 1.99. The molecule has 2 aliphatic rings. The summed E-state index contributed by atoms with van der Waals surface area (Å²) in [4.78, 5) is 23.4. The maximum Gasteiger partial charge on any atom is 0.318 e. The first-order chi connectivity index (χ1) is 8.20. The van der Waals surface area contributed by atoms with E-state index >= 15 is 0 Å². The lowest BCUT2D eigenvalue weighted by atomic mass is 9.72. The van der Waals surface area contributed by atoms with E-state index in [1.165, 1.54) is 0 Å². The van der Waals surface area contributed by atoms with Crippen molar-refractivity contribution >= 4 is 20.3 Å². The molecule has 2 rings (SSSR count). The number of rotatable bonds is 2. The number of cyclic esters (lactones) is 2. The van der Waals surface area contributed by atoms with Crippen LogP contribution in [0.1, 0.15) is 13.8 Å². The summed E-state index contributed by atoms with van der Waals surface area (Å²) in [5, 5.41) is 0. The minimum atomic E-state index is -1.70. The van der Waals surface area contributed by atoms with Crippen LogP contribution in [0, 0.1) is 23.7 Å². The van der Waals surface area contributed by atoms with Gasteiger partial charge < -0.3 is 9.16 Å². The van der Waals surface area contributed by atoms with Crippen molar-refractivity contribution in [1.82, 2.24) is 0 Å². The molecule has 1 heterocycles. The lowest BCUT2D eigenvalue weighted by molar-refractivity contribution is -0.154. The largest absolute Gasteiger partial charge is 0.547 e. The van der Waals surface area contributed by atoms with Gasteiger partial charge in [0.2, 0.25) is 8.32 Å². The SMILES string of the molecule is C[C@@H]1C=C(O[Si](C)(C)C)[C@H](C)[C@@H]2C(=O)OC(=O)[C@@H]21. The van der Waals surface area contributed by atoms with Crippen molar-refractivity contribution in [3.8, 4) is 0 Å². The molecular weight excluding hydrogens is 248 g/mol. The third kappa shape index (κ3) is 2.23. The Bertz CT molecular complexity index is 421. The Morgan fingerprint density at radius 2 is 1.67 bits per heavy atom. The molecule has 1 saturated heterocycles. The molecule has 0 spiro atoms. The molecule has 0 bridgehead atoms. The summed E-state index contributed by atoms with van der Waals surface area (Å²) in [5.41, 5.74) is 0. The number of esters is 2. The van der Waals surface area contributed by atoms with Gasteiger partial charge in [-0.25, -0.2) is 0 Å². The van der Waals surface area contributed by atoms with Crippen molar-refractivity contribution in [2.45, 2.75) is 33.5 Å². The molecule has 1 aliphatic heterocycles. The monoisotopic (exact) mass is 268 g/mol. The second-order valence-corrected chi connectivity index (χ2v) is 10.7. The van der Waals surface area contributed by atoms with E-state index in [0.29, 0.717) is 0 Å². The smallest absolute Gasteiger partial charge is 0.318 e. The zero-order valence-corrected chi connectivity index (χ0v) is 12.5. The Balaban J connectivity index is 2.31. The van der Waals surface area contributed by atoms with Gasteiger partial charge in [-0.15, -0.1) is 0 Å². The van der Waals surface area contributed by atoms with Gasteiger partial charge in [-0.3, -0.25) is 9.59 Å². The normalized spacial score (nSPS) is 35.9. The van der Waals surface area contributed by atoms with E-state index in [9.17, 15) is 9.59 Å². The molecule has 0 radical (unpaired) electrons.